The molecule has 2 saturated heterocycles. The minimum Gasteiger partial charge on any atom is -0.496 e. The van der Waals surface area contributed by atoms with Crippen LogP contribution in [0.15, 0.2) is 71.1 Å². The molecule has 260 valence electrons. The van der Waals surface area contributed by atoms with Crippen molar-refractivity contribution in [3.63, 3.8) is 0 Å². The van der Waals surface area contributed by atoms with Gasteiger partial charge < -0.3 is 14.3 Å². The number of benzene rings is 4. The summed E-state index contributed by atoms with van der Waals surface area (Å²) in [6, 6.07) is 20.7. The van der Waals surface area contributed by atoms with Crippen molar-refractivity contribution in [2.75, 3.05) is 33.3 Å². The zero-order valence-corrected chi connectivity index (χ0v) is 28.7. The van der Waals surface area contributed by atoms with E-state index in [1.807, 2.05) is 68.4 Å². The van der Waals surface area contributed by atoms with E-state index in [2.05, 4.69) is 9.80 Å². The van der Waals surface area contributed by atoms with Crippen molar-refractivity contribution < 1.29 is 27.4 Å². The molecule has 50 heavy (non-hydrogen) atoms. The van der Waals surface area contributed by atoms with E-state index in [0.29, 0.717) is 35.9 Å². The molecule has 0 spiro atoms. The van der Waals surface area contributed by atoms with Gasteiger partial charge in [-0.05, 0) is 115 Å². The van der Waals surface area contributed by atoms with Gasteiger partial charge in [0.1, 0.15) is 11.3 Å². The van der Waals surface area contributed by atoms with E-state index < -0.39 is 11.7 Å². The van der Waals surface area contributed by atoms with Gasteiger partial charge in [-0.2, -0.15) is 13.2 Å². The molecule has 0 saturated carbocycles. The van der Waals surface area contributed by atoms with E-state index in [1.54, 1.807) is 12.2 Å². The summed E-state index contributed by atoms with van der Waals surface area (Å²) in [5.74, 6) is 0.993. The molecule has 1 atom stereocenters. The monoisotopic (exact) mass is 681 g/mol. The molecule has 7 rings (SSSR count). The van der Waals surface area contributed by atoms with Gasteiger partial charge in [-0.25, -0.2) is 4.98 Å². The van der Waals surface area contributed by atoms with Crippen LogP contribution in [-0.2, 0) is 19.3 Å². The number of fused-ring (bicyclic) bond motifs is 1. The molecule has 3 heterocycles. The fraction of sp³-hybridized carbons (Fsp3) is 0.341. The number of ether oxygens (including phenoxy) is 1. The molecule has 5 aromatic rings. The highest BCUT2D eigenvalue weighted by molar-refractivity contribution is 5.83. The summed E-state index contributed by atoms with van der Waals surface area (Å²) in [4.78, 5) is 9.27. The SMILES string of the molecule is COc1cc(/C=C/c2cccc(-c3cccc(-c4nc5cc(CN6CC[C@@H](O)C6)ccc5o4)c3C)c2C)c(C(F)(F)F)cc1CN1CCCC1. The first kappa shape index (κ1) is 34.0. The summed E-state index contributed by atoms with van der Waals surface area (Å²) in [7, 11) is 1.51. The first-order chi connectivity index (χ1) is 24.1. The first-order valence-corrected chi connectivity index (χ1v) is 17.3. The molecule has 2 aliphatic rings. The third-order valence-corrected chi connectivity index (χ3v) is 10.1. The largest absolute Gasteiger partial charge is 0.496 e. The Balaban J connectivity index is 1.18. The molecule has 2 fully saturated rings. The third-order valence-electron chi connectivity index (χ3n) is 10.1. The molecular formula is C41H42F3N3O3. The number of oxazole rings is 1. The minimum absolute atomic E-state index is 0.0691. The summed E-state index contributed by atoms with van der Waals surface area (Å²) in [5, 5.41) is 9.90. The zero-order valence-electron chi connectivity index (χ0n) is 28.7. The lowest BCUT2D eigenvalue weighted by Crippen LogP contribution is -2.21. The van der Waals surface area contributed by atoms with Gasteiger partial charge in [-0.15, -0.1) is 0 Å². The molecule has 9 heteroatoms. The number of aromatic nitrogens is 1. The van der Waals surface area contributed by atoms with Crippen LogP contribution in [-0.4, -0.2) is 59.3 Å². The van der Waals surface area contributed by atoms with Crippen LogP contribution in [0.5, 0.6) is 5.75 Å². The average molecular weight is 682 g/mol. The summed E-state index contributed by atoms with van der Waals surface area (Å²) in [6.45, 7) is 8.54. The van der Waals surface area contributed by atoms with Crippen molar-refractivity contribution in [2.45, 2.75) is 58.5 Å². The van der Waals surface area contributed by atoms with E-state index in [4.69, 9.17) is 14.1 Å². The topological polar surface area (TPSA) is 62.0 Å². The smallest absolute Gasteiger partial charge is 0.417 e. The lowest BCUT2D eigenvalue weighted by atomic mass is 9.91. The Bertz CT molecular complexity index is 2040. The predicted octanol–water partition coefficient (Wildman–Crippen LogP) is 9.14. The van der Waals surface area contributed by atoms with Gasteiger partial charge in [0.05, 0.1) is 18.8 Å². The van der Waals surface area contributed by atoms with Crippen molar-refractivity contribution in [2.24, 2.45) is 0 Å². The second kappa shape index (κ2) is 14.1. The van der Waals surface area contributed by atoms with E-state index in [1.165, 1.54) is 19.2 Å². The molecular weight excluding hydrogens is 639 g/mol. The number of aliphatic hydroxyl groups excluding tert-OH is 1. The van der Waals surface area contributed by atoms with Crippen LogP contribution < -0.4 is 4.74 Å². The van der Waals surface area contributed by atoms with E-state index in [9.17, 15) is 18.3 Å². The number of methoxy groups -OCH3 is 1. The number of likely N-dealkylation sites (tertiary alicyclic amines) is 2. The Hall–Kier alpha value is -4.44. The normalized spacial score (nSPS) is 17.5. The molecule has 1 aromatic heterocycles. The second-order valence-corrected chi connectivity index (χ2v) is 13.6. The van der Waals surface area contributed by atoms with Crippen molar-refractivity contribution in [3.05, 3.63) is 106 Å². The number of hydrogen-bond acceptors (Lipinski definition) is 6. The number of hydrogen-bond donors (Lipinski definition) is 1. The molecule has 0 radical (unpaired) electrons. The number of β-amino-alcohol motifs (C(OH)–C–C–N with tert-alkyl or cyclic N) is 1. The summed E-state index contributed by atoms with van der Waals surface area (Å²) in [6.07, 6.45) is 1.43. The van der Waals surface area contributed by atoms with Gasteiger partial charge >= 0.3 is 6.18 Å². The van der Waals surface area contributed by atoms with Gasteiger partial charge in [0, 0.05) is 37.3 Å². The number of alkyl halides is 3. The van der Waals surface area contributed by atoms with E-state index in [0.717, 1.165) is 89.9 Å². The lowest BCUT2D eigenvalue weighted by molar-refractivity contribution is -0.137. The highest BCUT2D eigenvalue weighted by atomic mass is 19.4. The highest BCUT2D eigenvalue weighted by Crippen LogP contribution is 2.39. The van der Waals surface area contributed by atoms with E-state index in [-0.39, 0.29) is 11.7 Å². The molecule has 4 aromatic carbocycles. The van der Waals surface area contributed by atoms with Crippen LogP contribution in [0.1, 0.15) is 58.2 Å². The molecule has 1 N–H and O–H groups in total. The maximum Gasteiger partial charge on any atom is 0.417 e. The maximum absolute atomic E-state index is 14.4. The van der Waals surface area contributed by atoms with Crippen LogP contribution in [0.4, 0.5) is 13.2 Å². The maximum atomic E-state index is 14.4. The average Bonchev–Trinajstić information content (AvgIpc) is 3.86. The van der Waals surface area contributed by atoms with Crippen molar-refractivity contribution in [1.29, 1.82) is 0 Å². The first-order valence-electron chi connectivity index (χ1n) is 17.3. The lowest BCUT2D eigenvalue weighted by Gasteiger charge is -2.20. The van der Waals surface area contributed by atoms with Gasteiger partial charge in [-0.1, -0.05) is 48.6 Å². The Labute approximate surface area is 290 Å². The summed E-state index contributed by atoms with van der Waals surface area (Å²) < 4.78 is 54.9. The fourth-order valence-electron chi connectivity index (χ4n) is 7.38. The van der Waals surface area contributed by atoms with Gasteiger partial charge in [0.15, 0.2) is 5.58 Å². The standard InChI is InChI=1S/C41H42F3N3O3/c1-26-29(13-14-30-22-39(49-3)31(21-36(30)41(42,43)44)24-46-17-4-5-18-46)8-6-9-33(26)34-10-7-11-35(27(34)2)40-45-37-20-28(12-15-38(37)50-40)23-47-19-16-32(48)25-47/h6-15,20-22,32,48H,4-5,16-19,23-25H2,1-3H3/b14-13+/t32-/m1/s1. The fourth-order valence-corrected chi connectivity index (χ4v) is 7.38. The number of halogens is 3. The Morgan fingerprint density at radius 2 is 1.58 bits per heavy atom. The van der Waals surface area contributed by atoms with E-state index >= 15 is 0 Å². The van der Waals surface area contributed by atoms with Crippen LogP contribution in [0.2, 0.25) is 0 Å². The molecule has 2 aliphatic heterocycles. The molecule has 0 bridgehead atoms. The van der Waals surface area contributed by atoms with Gasteiger partial charge in [0.25, 0.3) is 0 Å². The quantitative estimate of drug-likeness (QED) is 0.157. The number of nitrogens with zero attached hydrogens (tertiary/aromatic N) is 3. The molecule has 0 aliphatic carbocycles. The molecule has 6 nitrogen and oxygen atoms in total. The zero-order chi connectivity index (χ0) is 35.0. The Morgan fingerprint density at radius 3 is 2.30 bits per heavy atom. The highest BCUT2D eigenvalue weighted by Gasteiger charge is 2.34. The third kappa shape index (κ3) is 7.08. The van der Waals surface area contributed by atoms with Crippen LogP contribution >= 0.6 is 0 Å². The predicted molar refractivity (Wildman–Crippen MR) is 192 cm³/mol. The summed E-state index contributed by atoms with van der Waals surface area (Å²) >= 11 is 0. The Morgan fingerprint density at radius 1 is 0.860 bits per heavy atom. The second-order valence-electron chi connectivity index (χ2n) is 13.6. The van der Waals surface area contributed by atoms with Crippen molar-refractivity contribution >= 4 is 23.3 Å². The summed E-state index contributed by atoms with van der Waals surface area (Å²) in [5.41, 5.74) is 8.17. The van der Waals surface area contributed by atoms with Crippen molar-refractivity contribution in [1.82, 2.24) is 14.8 Å². The van der Waals surface area contributed by atoms with Gasteiger partial charge in [0.2, 0.25) is 5.89 Å². The van der Waals surface area contributed by atoms with Crippen LogP contribution in [0.3, 0.4) is 0 Å². The molecule has 0 unspecified atom stereocenters. The Kier molecular flexibility index (Phi) is 9.57. The van der Waals surface area contributed by atoms with Gasteiger partial charge in [-0.3, -0.25) is 9.80 Å². The number of aliphatic hydroxyl groups is 1. The van der Waals surface area contributed by atoms with Crippen molar-refractivity contribution in [3.8, 4) is 28.3 Å². The minimum atomic E-state index is -4.51. The molecule has 0 amide bonds. The van der Waals surface area contributed by atoms with Crippen LogP contribution in [0.25, 0.3) is 45.8 Å². The number of rotatable bonds is 9. The van der Waals surface area contributed by atoms with Crippen LogP contribution in [0, 0.1) is 13.8 Å².